The van der Waals surface area contributed by atoms with Crippen LogP contribution in [0.1, 0.15) is 5.56 Å². The Bertz CT molecular complexity index is 1580. The molecule has 3 aromatic carbocycles. The molecule has 0 aliphatic heterocycles. The third-order valence-electron chi connectivity index (χ3n) is 4.66. The molecule has 0 spiro atoms. The molecule has 0 fully saturated rings. The molecule has 0 unspecified atom stereocenters. The van der Waals surface area contributed by atoms with Crippen molar-refractivity contribution in [1.82, 2.24) is 14.8 Å². The number of aryl methyl sites for hydroxylation is 1. The van der Waals surface area contributed by atoms with Crippen LogP contribution in [0.5, 0.6) is 17.2 Å². The number of rotatable bonds is 6. The molecule has 0 radical (unpaired) electrons. The smallest absolute Gasteiger partial charge is 0.349 e. The highest BCUT2D eigenvalue weighted by molar-refractivity contribution is 7.92. The minimum atomic E-state index is -3.94. The molecule has 0 saturated carbocycles. The van der Waals surface area contributed by atoms with Crippen LogP contribution >= 0.6 is 11.6 Å². The van der Waals surface area contributed by atoms with E-state index in [1.807, 2.05) is 0 Å². The van der Waals surface area contributed by atoms with Crippen LogP contribution in [0.4, 0.5) is 5.69 Å². The number of ether oxygens (including phenoxy) is 1. The molecule has 10 nitrogen and oxygen atoms in total. The lowest BCUT2D eigenvalue weighted by Crippen LogP contribution is -2.30. The predicted octanol–water partition coefficient (Wildman–Crippen LogP) is 3.18. The Hall–Kier alpha value is -4.09. The number of benzene rings is 3. The molecule has 0 aliphatic rings. The summed E-state index contributed by atoms with van der Waals surface area (Å²) >= 11 is 6.37. The third kappa shape index (κ3) is 4.80. The van der Waals surface area contributed by atoms with Crippen LogP contribution < -0.4 is 20.7 Å². The summed E-state index contributed by atoms with van der Waals surface area (Å²) in [5, 5.41) is 14.1. The third-order valence-corrected chi connectivity index (χ3v) is 6.32. The zero-order valence-electron chi connectivity index (χ0n) is 17.5. The lowest BCUT2D eigenvalue weighted by molar-refractivity contribution is 0.465. The Kier molecular flexibility index (Phi) is 6.14. The molecule has 0 aliphatic carbocycles. The summed E-state index contributed by atoms with van der Waals surface area (Å²) in [4.78, 5) is 25.4. The van der Waals surface area contributed by atoms with Gasteiger partial charge in [0.2, 0.25) is 0 Å². The van der Waals surface area contributed by atoms with E-state index in [9.17, 15) is 23.1 Å². The van der Waals surface area contributed by atoms with Gasteiger partial charge in [0.25, 0.3) is 15.6 Å². The number of phenolic OH excluding ortho intramolecular Hbond substituents is 1. The summed E-state index contributed by atoms with van der Waals surface area (Å²) in [5.41, 5.74) is -0.615. The lowest BCUT2D eigenvalue weighted by atomic mass is 10.2. The number of phenols is 1. The van der Waals surface area contributed by atoms with Crippen molar-refractivity contribution in [1.29, 1.82) is 0 Å². The molecule has 4 rings (SSSR count). The SMILES string of the molecule is Cc1cc(-n2ncc(=O)[nH]c2=O)cc(Cl)c1Oc1ccc(O)c(NS(=O)(=O)c2ccccc2)c1. The van der Waals surface area contributed by atoms with Crippen molar-refractivity contribution in [3.8, 4) is 22.9 Å². The number of H-pyrrole nitrogens is 1. The maximum Gasteiger partial charge on any atom is 0.349 e. The fourth-order valence-electron chi connectivity index (χ4n) is 3.08. The van der Waals surface area contributed by atoms with Crippen molar-refractivity contribution >= 4 is 27.3 Å². The molecule has 1 aromatic heterocycles. The molecule has 4 aromatic rings. The van der Waals surface area contributed by atoms with E-state index in [2.05, 4.69) is 14.8 Å². The Balaban J connectivity index is 1.64. The molecular weight excluding hydrogens is 484 g/mol. The fraction of sp³-hybridized carbons (Fsp3) is 0.0455. The zero-order valence-corrected chi connectivity index (χ0v) is 19.1. The van der Waals surface area contributed by atoms with Crippen LogP contribution in [0.25, 0.3) is 5.69 Å². The van der Waals surface area contributed by atoms with E-state index >= 15 is 0 Å². The number of hydrogen-bond acceptors (Lipinski definition) is 7. The van der Waals surface area contributed by atoms with Gasteiger partial charge < -0.3 is 9.84 Å². The Labute approximate surface area is 198 Å². The largest absolute Gasteiger partial charge is 0.506 e. The van der Waals surface area contributed by atoms with Gasteiger partial charge in [-0.2, -0.15) is 9.78 Å². The highest BCUT2D eigenvalue weighted by atomic mass is 35.5. The normalized spacial score (nSPS) is 11.2. The second-order valence-electron chi connectivity index (χ2n) is 7.12. The average molecular weight is 501 g/mol. The molecule has 1 heterocycles. The summed E-state index contributed by atoms with van der Waals surface area (Å²) in [6.45, 7) is 1.68. The second kappa shape index (κ2) is 9.04. The van der Waals surface area contributed by atoms with Gasteiger partial charge in [-0.05, 0) is 48.9 Å². The summed E-state index contributed by atoms with van der Waals surface area (Å²) < 4.78 is 34.4. The maximum atomic E-state index is 12.6. The number of halogens is 1. The minimum Gasteiger partial charge on any atom is -0.506 e. The molecule has 12 heteroatoms. The van der Waals surface area contributed by atoms with Crippen molar-refractivity contribution in [3.05, 3.63) is 98.3 Å². The van der Waals surface area contributed by atoms with Crippen LogP contribution in [0.3, 0.4) is 0 Å². The summed E-state index contributed by atoms with van der Waals surface area (Å²) in [6, 6.07) is 14.7. The standard InChI is InChI=1S/C22H17ClN4O6S/c1-13-9-14(27-22(30)25-20(29)12-24-27)10-17(23)21(13)33-15-7-8-19(28)18(11-15)26-34(31,32)16-5-3-2-4-6-16/h2-12,26,28H,1H3,(H,25,29,30). The van der Waals surface area contributed by atoms with Crippen molar-refractivity contribution in [2.45, 2.75) is 11.8 Å². The number of anilines is 1. The molecule has 174 valence electrons. The van der Waals surface area contributed by atoms with Gasteiger partial charge in [0.05, 0.1) is 21.3 Å². The zero-order chi connectivity index (χ0) is 24.5. The van der Waals surface area contributed by atoms with Gasteiger partial charge in [0, 0.05) is 6.07 Å². The van der Waals surface area contributed by atoms with Crippen LogP contribution in [-0.2, 0) is 10.0 Å². The highest BCUT2D eigenvalue weighted by Gasteiger charge is 2.17. The van der Waals surface area contributed by atoms with E-state index in [4.69, 9.17) is 16.3 Å². The van der Waals surface area contributed by atoms with Crippen LogP contribution in [0, 0.1) is 6.92 Å². The summed E-state index contributed by atoms with van der Waals surface area (Å²) in [6.07, 6.45) is 0.962. The first kappa shape index (κ1) is 23.1. The average Bonchev–Trinajstić information content (AvgIpc) is 2.78. The van der Waals surface area contributed by atoms with Gasteiger partial charge >= 0.3 is 5.69 Å². The van der Waals surface area contributed by atoms with E-state index < -0.39 is 21.3 Å². The molecule has 0 bridgehead atoms. The van der Waals surface area contributed by atoms with E-state index in [1.54, 1.807) is 31.2 Å². The number of nitrogens with one attached hydrogen (secondary N) is 2. The van der Waals surface area contributed by atoms with Crippen molar-refractivity contribution in [3.63, 3.8) is 0 Å². The number of aromatic nitrogens is 3. The van der Waals surface area contributed by atoms with Gasteiger partial charge in [0.15, 0.2) is 0 Å². The maximum absolute atomic E-state index is 12.6. The first-order valence-corrected chi connectivity index (χ1v) is 11.6. The van der Waals surface area contributed by atoms with E-state index in [0.717, 1.165) is 10.9 Å². The van der Waals surface area contributed by atoms with Gasteiger partial charge in [-0.1, -0.05) is 29.8 Å². The van der Waals surface area contributed by atoms with Crippen LogP contribution in [0.15, 0.2) is 81.3 Å². The van der Waals surface area contributed by atoms with Gasteiger partial charge in [-0.3, -0.25) is 14.5 Å². The highest BCUT2D eigenvalue weighted by Crippen LogP contribution is 2.37. The quantitative estimate of drug-likeness (QED) is 0.345. The summed E-state index contributed by atoms with van der Waals surface area (Å²) in [5.74, 6) is 0.139. The second-order valence-corrected chi connectivity index (χ2v) is 9.21. The van der Waals surface area contributed by atoms with Crippen LogP contribution in [0.2, 0.25) is 5.02 Å². The van der Waals surface area contributed by atoms with Crippen molar-refractivity contribution < 1.29 is 18.3 Å². The topological polar surface area (TPSA) is 143 Å². The minimum absolute atomic E-state index is 0.0290. The van der Waals surface area contributed by atoms with E-state index in [0.29, 0.717) is 11.3 Å². The number of sulfonamides is 1. The van der Waals surface area contributed by atoms with Crippen molar-refractivity contribution in [2.24, 2.45) is 0 Å². The van der Waals surface area contributed by atoms with Crippen molar-refractivity contribution in [2.75, 3.05) is 4.72 Å². The monoisotopic (exact) mass is 500 g/mol. The molecule has 3 N–H and O–H groups in total. The van der Waals surface area contributed by atoms with E-state index in [-0.39, 0.29) is 32.9 Å². The predicted molar refractivity (Wildman–Crippen MR) is 126 cm³/mol. The molecule has 0 amide bonds. The first-order chi connectivity index (χ1) is 16.1. The van der Waals surface area contributed by atoms with Gasteiger partial charge in [-0.15, -0.1) is 0 Å². The lowest BCUT2D eigenvalue weighted by Gasteiger charge is -2.15. The van der Waals surface area contributed by atoms with Gasteiger partial charge in [-0.25, -0.2) is 13.2 Å². The fourth-order valence-corrected chi connectivity index (χ4v) is 4.47. The molecule has 0 saturated heterocycles. The molecule has 34 heavy (non-hydrogen) atoms. The summed E-state index contributed by atoms with van der Waals surface area (Å²) in [7, 11) is -3.94. The molecular formula is C22H17ClN4O6S. The Morgan fingerprint density at radius 3 is 2.50 bits per heavy atom. The number of aromatic hydroxyl groups is 1. The Morgan fingerprint density at radius 2 is 1.82 bits per heavy atom. The number of nitrogens with zero attached hydrogens (tertiary/aromatic N) is 2. The van der Waals surface area contributed by atoms with Gasteiger partial charge in [0.1, 0.15) is 23.4 Å². The number of hydrogen-bond donors (Lipinski definition) is 3. The van der Waals surface area contributed by atoms with Crippen LogP contribution in [-0.4, -0.2) is 28.3 Å². The van der Waals surface area contributed by atoms with E-state index in [1.165, 1.54) is 36.4 Å². The first-order valence-electron chi connectivity index (χ1n) is 9.72. The number of aromatic amines is 1. The Morgan fingerprint density at radius 1 is 1.09 bits per heavy atom. The molecule has 0 atom stereocenters.